The molecule has 27 heavy (non-hydrogen) atoms. The molecule has 0 saturated heterocycles. The molecule has 0 fully saturated rings. The first kappa shape index (κ1) is 18.4. The molecule has 0 atom stereocenters. The lowest BCUT2D eigenvalue weighted by atomic mass is 10.1. The lowest BCUT2D eigenvalue weighted by Gasteiger charge is -2.09. The molecule has 0 spiro atoms. The van der Waals surface area contributed by atoms with Gasteiger partial charge in [-0.2, -0.15) is 0 Å². The molecule has 4 heteroatoms. The van der Waals surface area contributed by atoms with Crippen molar-refractivity contribution in [2.45, 2.75) is 20.3 Å². The lowest BCUT2D eigenvalue weighted by molar-refractivity contribution is 0.102. The molecule has 0 aromatic heterocycles. The van der Waals surface area contributed by atoms with Gasteiger partial charge in [0.25, 0.3) is 11.8 Å². The van der Waals surface area contributed by atoms with Crippen molar-refractivity contribution in [1.29, 1.82) is 0 Å². The summed E-state index contributed by atoms with van der Waals surface area (Å²) in [5, 5.41) is 5.72. The Balaban J connectivity index is 1.71. The maximum atomic E-state index is 12.5. The van der Waals surface area contributed by atoms with Gasteiger partial charge in [0.15, 0.2) is 0 Å². The number of hydrogen-bond donors (Lipinski definition) is 2. The highest BCUT2D eigenvalue weighted by Crippen LogP contribution is 2.15. The van der Waals surface area contributed by atoms with E-state index in [2.05, 4.69) is 17.6 Å². The van der Waals surface area contributed by atoms with Gasteiger partial charge < -0.3 is 10.6 Å². The highest BCUT2D eigenvalue weighted by Gasteiger charge is 2.11. The number of amides is 2. The number of benzene rings is 3. The topological polar surface area (TPSA) is 58.2 Å². The molecule has 136 valence electrons. The van der Waals surface area contributed by atoms with E-state index in [-0.39, 0.29) is 11.8 Å². The standard InChI is InChI=1S/C23H22N2O2/c1-3-17-10-12-20(13-11-17)24-22(26)18-7-5-8-19(15-18)23(27)25-21-9-4-6-16(2)14-21/h4-15H,3H2,1-2H3,(H,24,26)(H,25,27). The van der Waals surface area contributed by atoms with E-state index in [0.717, 1.165) is 23.4 Å². The zero-order chi connectivity index (χ0) is 19.2. The minimum Gasteiger partial charge on any atom is -0.322 e. The van der Waals surface area contributed by atoms with Crippen LogP contribution in [0.5, 0.6) is 0 Å². The first-order valence-corrected chi connectivity index (χ1v) is 8.93. The van der Waals surface area contributed by atoms with E-state index in [1.165, 1.54) is 5.56 Å². The highest BCUT2D eigenvalue weighted by molar-refractivity contribution is 6.08. The summed E-state index contributed by atoms with van der Waals surface area (Å²) in [5.41, 5.74) is 4.60. The minimum absolute atomic E-state index is 0.246. The Kier molecular flexibility index (Phi) is 5.67. The van der Waals surface area contributed by atoms with Crippen LogP contribution in [-0.4, -0.2) is 11.8 Å². The fraction of sp³-hybridized carbons (Fsp3) is 0.130. The summed E-state index contributed by atoms with van der Waals surface area (Å²) >= 11 is 0. The molecular formula is C23H22N2O2. The number of anilines is 2. The second kappa shape index (κ2) is 8.32. The fourth-order valence-corrected chi connectivity index (χ4v) is 2.75. The van der Waals surface area contributed by atoms with Crippen molar-refractivity contribution in [1.82, 2.24) is 0 Å². The number of rotatable bonds is 5. The van der Waals surface area contributed by atoms with Crippen LogP contribution in [0.25, 0.3) is 0 Å². The molecule has 0 aliphatic carbocycles. The SMILES string of the molecule is CCc1ccc(NC(=O)c2cccc(C(=O)Nc3cccc(C)c3)c2)cc1. The molecule has 3 aromatic carbocycles. The molecule has 2 N–H and O–H groups in total. The van der Waals surface area contributed by atoms with Gasteiger partial charge in [0, 0.05) is 22.5 Å². The Morgan fingerprint density at radius 1 is 0.741 bits per heavy atom. The van der Waals surface area contributed by atoms with Crippen LogP contribution in [0.3, 0.4) is 0 Å². The van der Waals surface area contributed by atoms with Gasteiger partial charge >= 0.3 is 0 Å². The number of hydrogen-bond acceptors (Lipinski definition) is 2. The zero-order valence-corrected chi connectivity index (χ0v) is 15.5. The molecule has 0 radical (unpaired) electrons. The summed E-state index contributed by atoms with van der Waals surface area (Å²) in [5.74, 6) is -0.494. The van der Waals surface area contributed by atoms with E-state index in [4.69, 9.17) is 0 Å². The van der Waals surface area contributed by atoms with E-state index < -0.39 is 0 Å². The Morgan fingerprint density at radius 3 is 1.93 bits per heavy atom. The third-order valence-electron chi connectivity index (χ3n) is 4.28. The molecule has 0 aliphatic heterocycles. The first-order chi connectivity index (χ1) is 13.0. The van der Waals surface area contributed by atoms with Gasteiger partial charge in [-0.05, 0) is 66.9 Å². The van der Waals surface area contributed by atoms with Crippen molar-refractivity contribution in [2.24, 2.45) is 0 Å². The molecule has 2 amide bonds. The Bertz CT molecular complexity index is 962. The quantitative estimate of drug-likeness (QED) is 0.669. The maximum absolute atomic E-state index is 12.5. The Hall–Kier alpha value is -3.40. The zero-order valence-electron chi connectivity index (χ0n) is 15.5. The second-order valence-corrected chi connectivity index (χ2v) is 6.41. The summed E-state index contributed by atoms with van der Waals surface area (Å²) in [6, 6.07) is 22.0. The summed E-state index contributed by atoms with van der Waals surface area (Å²) in [4.78, 5) is 25.0. The van der Waals surface area contributed by atoms with Crippen molar-refractivity contribution in [3.63, 3.8) is 0 Å². The predicted octanol–water partition coefficient (Wildman–Crippen LogP) is 5.06. The van der Waals surface area contributed by atoms with E-state index >= 15 is 0 Å². The highest BCUT2D eigenvalue weighted by atomic mass is 16.2. The molecule has 0 heterocycles. The summed E-state index contributed by atoms with van der Waals surface area (Å²) in [6.07, 6.45) is 0.951. The lowest BCUT2D eigenvalue weighted by Crippen LogP contribution is -2.15. The summed E-state index contributed by atoms with van der Waals surface area (Å²) in [7, 11) is 0. The van der Waals surface area contributed by atoms with Gasteiger partial charge in [-0.3, -0.25) is 9.59 Å². The van der Waals surface area contributed by atoms with Crippen LogP contribution in [0.2, 0.25) is 0 Å². The average molecular weight is 358 g/mol. The van der Waals surface area contributed by atoms with Crippen LogP contribution < -0.4 is 10.6 Å². The molecule has 0 unspecified atom stereocenters. The van der Waals surface area contributed by atoms with Crippen molar-refractivity contribution >= 4 is 23.2 Å². The predicted molar refractivity (Wildman–Crippen MR) is 109 cm³/mol. The molecule has 3 rings (SSSR count). The largest absolute Gasteiger partial charge is 0.322 e. The Morgan fingerprint density at radius 2 is 1.33 bits per heavy atom. The van der Waals surface area contributed by atoms with Crippen LogP contribution in [-0.2, 0) is 6.42 Å². The monoisotopic (exact) mass is 358 g/mol. The number of carbonyl (C=O) groups is 2. The van der Waals surface area contributed by atoms with Crippen LogP contribution in [0.4, 0.5) is 11.4 Å². The molecule has 0 bridgehead atoms. The van der Waals surface area contributed by atoms with E-state index in [1.54, 1.807) is 24.3 Å². The molecule has 0 aliphatic rings. The van der Waals surface area contributed by atoms with Crippen molar-refractivity contribution in [2.75, 3.05) is 10.6 Å². The first-order valence-electron chi connectivity index (χ1n) is 8.93. The second-order valence-electron chi connectivity index (χ2n) is 6.41. The maximum Gasteiger partial charge on any atom is 0.255 e. The van der Waals surface area contributed by atoms with Crippen molar-refractivity contribution < 1.29 is 9.59 Å². The van der Waals surface area contributed by atoms with Gasteiger partial charge in [-0.1, -0.05) is 37.3 Å². The number of nitrogens with one attached hydrogen (secondary N) is 2. The smallest absolute Gasteiger partial charge is 0.255 e. The molecule has 4 nitrogen and oxygen atoms in total. The van der Waals surface area contributed by atoms with Crippen molar-refractivity contribution in [3.8, 4) is 0 Å². The summed E-state index contributed by atoms with van der Waals surface area (Å²) in [6.45, 7) is 4.05. The van der Waals surface area contributed by atoms with Gasteiger partial charge in [-0.25, -0.2) is 0 Å². The molecule has 0 saturated carbocycles. The average Bonchev–Trinajstić information content (AvgIpc) is 2.68. The third-order valence-corrected chi connectivity index (χ3v) is 4.28. The van der Waals surface area contributed by atoms with Crippen LogP contribution >= 0.6 is 0 Å². The summed E-state index contributed by atoms with van der Waals surface area (Å²) < 4.78 is 0. The van der Waals surface area contributed by atoms with Crippen molar-refractivity contribution in [3.05, 3.63) is 95.1 Å². The van der Waals surface area contributed by atoms with E-state index in [9.17, 15) is 9.59 Å². The normalized spacial score (nSPS) is 10.3. The van der Waals surface area contributed by atoms with E-state index in [1.807, 2.05) is 55.5 Å². The number of carbonyl (C=O) groups excluding carboxylic acids is 2. The minimum atomic E-state index is -0.248. The third kappa shape index (κ3) is 4.82. The fourth-order valence-electron chi connectivity index (χ4n) is 2.75. The van der Waals surface area contributed by atoms with Gasteiger partial charge in [0.1, 0.15) is 0 Å². The Labute approximate surface area is 159 Å². The molecular weight excluding hydrogens is 336 g/mol. The number of aryl methyl sites for hydroxylation is 2. The molecule has 3 aromatic rings. The van der Waals surface area contributed by atoms with E-state index in [0.29, 0.717) is 11.1 Å². The van der Waals surface area contributed by atoms with Gasteiger partial charge in [0.05, 0.1) is 0 Å². The van der Waals surface area contributed by atoms with Crippen LogP contribution in [0.1, 0.15) is 38.8 Å². The van der Waals surface area contributed by atoms with Gasteiger partial charge in [-0.15, -0.1) is 0 Å². The van der Waals surface area contributed by atoms with Crippen LogP contribution in [0, 0.1) is 6.92 Å². The van der Waals surface area contributed by atoms with Gasteiger partial charge in [0.2, 0.25) is 0 Å². The van der Waals surface area contributed by atoms with Crippen LogP contribution in [0.15, 0.2) is 72.8 Å².